The van der Waals surface area contributed by atoms with E-state index in [2.05, 4.69) is 22.1 Å². The number of nitro groups is 1. The Bertz CT molecular complexity index is 487. The largest absolute Gasteiger partial charge is 0.355 e. The molecule has 0 bridgehead atoms. The van der Waals surface area contributed by atoms with Crippen LogP contribution < -0.4 is 10.2 Å². The fourth-order valence-electron chi connectivity index (χ4n) is 2.74. The summed E-state index contributed by atoms with van der Waals surface area (Å²) in [5.74, 6) is 0.847. The number of aromatic nitrogens is 1. The van der Waals surface area contributed by atoms with Gasteiger partial charge in [-0.25, -0.2) is 4.98 Å². The maximum atomic E-state index is 10.9. The lowest BCUT2D eigenvalue weighted by atomic mass is 10.2. The third-order valence-electron chi connectivity index (χ3n) is 3.95. The van der Waals surface area contributed by atoms with Gasteiger partial charge in [0.25, 0.3) is 5.69 Å². The molecule has 1 aliphatic heterocycles. The molecule has 0 saturated carbocycles. The average molecular weight is 292 g/mol. The number of rotatable bonds is 7. The van der Waals surface area contributed by atoms with Crippen molar-refractivity contribution in [2.24, 2.45) is 0 Å². The van der Waals surface area contributed by atoms with Crippen molar-refractivity contribution in [2.45, 2.75) is 45.6 Å². The van der Waals surface area contributed by atoms with E-state index in [0.29, 0.717) is 11.7 Å². The van der Waals surface area contributed by atoms with Gasteiger partial charge in [-0.2, -0.15) is 0 Å². The van der Waals surface area contributed by atoms with Crippen molar-refractivity contribution in [1.29, 1.82) is 0 Å². The first-order valence-corrected chi connectivity index (χ1v) is 7.72. The second kappa shape index (κ2) is 7.36. The lowest BCUT2D eigenvalue weighted by Gasteiger charge is -2.27. The topological polar surface area (TPSA) is 71.3 Å². The Morgan fingerprint density at radius 3 is 2.90 bits per heavy atom. The van der Waals surface area contributed by atoms with Crippen LogP contribution in [-0.4, -0.2) is 35.6 Å². The molecule has 2 rings (SSSR count). The van der Waals surface area contributed by atoms with E-state index in [-0.39, 0.29) is 10.6 Å². The lowest BCUT2D eigenvalue weighted by Crippen LogP contribution is -2.38. The first-order valence-electron chi connectivity index (χ1n) is 7.72. The molecule has 0 aromatic carbocycles. The molecule has 116 valence electrons. The van der Waals surface area contributed by atoms with Gasteiger partial charge in [-0.15, -0.1) is 0 Å². The van der Waals surface area contributed by atoms with Crippen LogP contribution in [0.15, 0.2) is 12.1 Å². The summed E-state index contributed by atoms with van der Waals surface area (Å²) in [6.45, 7) is 6.82. The fourth-order valence-corrected chi connectivity index (χ4v) is 2.74. The Hall–Kier alpha value is -1.69. The molecule has 6 heteroatoms. The minimum Gasteiger partial charge on any atom is -0.355 e. The van der Waals surface area contributed by atoms with Gasteiger partial charge in [0.15, 0.2) is 0 Å². The van der Waals surface area contributed by atoms with Crippen LogP contribution in [0.25, 0.3) is 0 Å². The molecule has 1 fully saturated rings. The number of hydrogen-bond donors (Lipinski definition) is 1. The minimum atomic E-state index is -0.374. The van der Waals surface area contributed by atoms with Crippen LogP contribution in [0, 0.1) is 17.0 Å². The monoisotopic (exact) mass is 292 g/mol. The molecule has 1 atom stereocenters. The molecule has 1 unspecified atom stereocenters. The van der Waals surface area contributed by atoms with Gasteiger partial charge < -0.3 is 10.2 Å². The Kier molecular flexibility index (Phi) is 5.50. The third-order valence-corrected chi connectivity index (χ3v) is 3.95. The first-order chi connectivity index (χ1) is 10.1. The molecule has 1 aromatic heterocycles. The van der Waals surface area contributed by atoms with E-state index >= 15 is 0 Å². The molecular formula is C15H24N4O2. The summed E-state index contributed by atoms with van der Waals surface area (Å²) < 4.78 is 0. The Labute approximate surface area is 125 Å². The number of unbranched alkanes of at least 4 members (excludes halogenated alkanes) is 1. The number of nitrogens with zero attached hydrogens (tertiary/aromatic N) is 3. The van der Waals surface area contributed by atoms with E-state index in [9.17, 15) is 10.1 Å². The van der Waals surface area contributed by atoms with Gasteiger partial charge >= 0.3 is 0 Å². The summed E-state index contributed by atoms with van der Waals surface area (Å²) in [6.07, 6.45) is 4.64. The van der Waals surface area contributed by atoms with Crippen LogP contribution in [0.1, 0.15) is 38.3 Å². The van der Waals surface area contributed by atoms with Crippen molar-refractivity contribution in [2.75, 3.05) is 24.5 Å². The molecule has 1 saturated heterocycles. The zero-order valence-electron chi connectivity index (χ0n) is 12.8. The van der Waals surface area contributed by atoms with Crippen molar-refractivity contribution < 1.29 is 4.92 Å². The summed E-state index contributed by atoms with van der Waals surface area (Å²) in [7, 11) is 0. The SMILES string of the molecule is CCCCN(CC1CCCN1)c1ccc([N+](=O)[O-])c(C)n1. The first kappa shape index (κ1) is 15.7. The van der Waals surface area contributed by atoms with Crippen molar-refractivity contribution >= 4 is 11.5 Å². The van der Waals surface area contributed by atoms with Gasteiger partial charge in [0.1, 0.15) is 11.5 Å². The molecule has 1 N–H and O–H groups in total. The smallest absolute Gasteiger partial charge is 0.290 e. The predicted molar refractivity (Wildman–Crippen MR) is 83.8 cm³/mol. The molecule has 21 heavy (non-hydrogen) atoms. The minimum absolute atomic E-state index is 0.0909. The quantitative estimate of drug-likeness (QED) is 0.618. The lowest BCUT2D eigenvalue weighted by molar-refractivity contribution is -0.385. The summed E-state index contributed by atoms with van der Waals surface area (Å²) in [6, 6.07) is 3.84. The van der Waals surface area contributed by atoms with Gasteiger partial charge in [-0.1, -0.05) is 13.3 Å². The number of hydrogen-bond acceptors (Lipinski definition) is 5. The molecule has 0 radical (unpaired) electrons. The van der Waals surface area contributed by atoms with Crippen LogP contribution in [0.2, 0.25) is 0 Å². The second-order valence-electron chi connectivity index (χ2n) is 5.62. The zero-order chi connectivity index (χ0) is 15.2. The molecule has 1 aromatic rings. The maximum absolute atomic E-state index is 10.9. The Morgan fingerprint density at radius 2 is 2.33 bits per heavy atom. The average Bonchev–Trinajstić information content (AvgIpc) is 2.95. The van der Waals surface area contributed by atoms with E-state index in [4.69, 9.17) is 0 Å². The van der Waals surface area contributed by atoms with Crippen LogP contribution in [-0.2, 0) is 0 Å². The number of pyridine rings is 1. The third kappa shape index (κ3) is 4.14. The van der Waals surface area contributed by atoms with E-state index in [1.165, 1.54) is 12.8 Å². The van der Waals surface area contributed by atoms with Crippen molar-refractivity contribution in [3.05, 3.63) is 27.9 Å². The summed E-state index contributed by atoms with van der Waals surface area (Å²) in [5, 5.41) is 14.4. The molecular weight excluding hydrogens is 268 g/mol. The van der Waals surface area contributed by atoms with E-state index in [1.54, 1.807) is 19.1 Å². The predicted octanol–water partition coefficient (Wildman–Crippen LogP) is 2.66. The standard InChI is InChI=1S/C15H24N4O2/c1-3-4-10-18(11-13-6-5-9-16-13)15-8-7-14(19(20)21)12(2)17-15/h7-8,13,16H,3-6,9-11H2,1-2H3. The Balaban J connectivity index is 2.14. The van der Waals surface area contributed by atoms with E-state index in [1.807, 2.05) is 0 Å². The van der Waals surface area contributed by atoms with Gasteiger partial charge in [0.2, 0.25) is 0 Å². The summed E-state index contributed by atoms with van der Waals surface area (Å²) >= 11 is 0. The summed E-state index contributed by atoms with van der Waals surface area (Å²) in [4.78, 5) is 17.2. The number of anilines is 1. The second-order valence-corrected chi connectivity index (χ2v) is 5.62. The number of aryl methyl sites for hydroxylation is 1. The van der Waals surface area contributed by atoms with Crippen LogP contribution in [0.5, 0.6) is 0 Å². The normalized spacial score (nSPS) is 17.9. The fraction of sp³-hybridized carbons (Fsp3) is 0.667. The van der Waals surface area contributed by atoms with Crippen molar-refractivity contribution in [3.8, 4) is 0 Å². The van der Waals surface area contributed by atoms with Crippen LogP contribution in [0.3, 0.4) is 0 Å². The molecule has 2 heterocycles. The van der Waals surface area contributed by atoms with Gasteiger partial charge in [-0.3, -0.25) is 10.1 Å². The van der Waals surface area contributed by atoms with Crippen LogP contribution >= 0.6 is 0 Å². The molecule has 6 nitrogen and oxygen atoms in total. The number of nitrogens with one attached hydrogen (secondary N) is 1. The highest BCUT2D eigenvalue weighted by molar-refractivity contribution is 5.47. The highest BCUT2D eigenvalue weighted by Gasteiger charge is 2.20. The van der Waals surface area contributed by atoms with E-state index in [0.717, 1.165) is 38.3 Å². The molecule has 0 spiro atoms. The molecule has 1 aliphatic rings. The van der Waals surface area contributed by atoms with Gasteiger partial charge in [0, 0.05) is 25.2 Å². The summed E-state index contributed by atoms with van der Waals surface area (Å²) in [5.41, 5.74) is 0.576. The van der Waals surface area contributed by atoms with Crippen LogP contribution in [0.4, 0.5) is 11.5 Å². The van der Waals surface area contributed by atoms with Gasteiger partial charge in [0.05, 0.1) is 4.92 Å². The molecule has 0 amide bonds. The highest BCUT2D eigenvalue weighted by atomic mass is 16.6. The maximum Gasteiger partial charge on any atom is 0.290 e. The Morgan fingerprint density at radius 1 is 1.52 bits per heavy atom. The van der Waals surface area contributed by atoms with Crippen molar-refractivity contribution in [3.63, 3.8) is 0 Å². The van der Waals surface area contributed by atoms with Crippen molar-refractivity contribution in [1.82, 2.24) is 10.3 Å². The molecule has 0 aliphatic carbocycles. The van der Waals surface area contributed by atoms with Gasteiger partial charge in [-0.05, 0) is 38.8 Å². The highest BCUT2D eigenvalue weighted by Crippen LogP contribution is 2.21. The zero-order valence-corrected chi connectivity index (χ0v) is 12.8. The van der Waals surface area contributed by atoms with E-state index < -0.39 is 0 Å².